The molecule has 0 aliphatic carbocycles. The zero-order chi connectivity index (χ0) is 9.35. The second kappa shape index (κ2) is 2.77. The fraction of sp³-hybridized carbons (Fsp3) is 0.750. The molecule has 1 heterocycles. The molecular weight excluding hydrogens is 154 g/mol. The number of amidine groups is 1. The van der Waals surface area contributed by atoms with Gasteiger partial charge in [0.15, 0.2) is 0 Å². The van der Waals surface area contributed by atoms with Crippen LogP contribution in [0, 0.1) is 5.92 Å². The van der Waals surface area contributed by atoms with Gasteiger partial charge in [-0.1, -0.05) is 13.8 Å². The van der Waals surface area contributed by atoms with E-state index in [1.54, 1.807) is 0 Å². The van der Waals surface area contributed by atoms with E-state index in [1.165, 1.54) is 0 Å². The van der Waals surface area contributed by atoms with Crippen molar-refractivity contribution in [2.75, 3.05) is 0 Å². The minimum absolute atomic E-state index is 0.323. The maximum absolute atomic E-state index is 10.9. The van der Waals surface area contributed by atoms with E-state index in [-0.39, 0.29) is 6.03 Å². The van der Waals surface area contributed by atoms with Gasteiger partial charge in [-0.2, -0.15) is 4.99 Å². The first kappa shape index (κ1) is 9.03. The standard InChI is InChI=1S/C8H15N3O/c1-5(2)4-8(3)6(9)10-7(12)11-8/h5H,4H2,1-3H3,(H3,9,10,11,12). The molecule has 1 aliphatic rings. The molecule has 1 rings (SSSR count). The van der Waals surface area contributed by atoms with Crippen molar-refractivity contribution in [3.05, 3.63) is 0 Å². The molecule has 1 atom stereocenters. The van der Waals surface area contributed by atoms with Crippen LogP contribution >= 0.6 is 0 Å². The third kappa shape index (κ3) is 1.57. The Morgan fingerprint density at radius 3 is 2.58 bits per heavy atom. The Bertz CT molecular complexity index is 234. The minimum Gasteiger partial charge on any atom is -0.385 e. The molecule has 0 radical (unpaired) electrons. The van der Waals surface area contributed by atoms with Gasteiger partial charge in [0.25, 0.3) is 0 Å². The maximum Gasteiger partial charge on any atom is 0.343 e. The molecular formula is C8H15N3O. The van der Waals surface area contributed by atoms with Crippen molar-refractivity contribution in [3.8, 4) is 0 Å². The molecule has 0 fully saturated rings. The number of nitrogens with two attached hydrogens (primary N) is 1. The molecule has 4 heteroatoms. The van der Waals surface area contributed by atoms with Crippen molar-refractivity contribution in [1.29, 1.82) is 0 Å². The Morgan fingerprint density at radius 1 is 1.67 bits per heavy atom. The number of rotatable bonds is 2. The van der Waals surface area contributed by atoms with Gasteiger partial charge in [0.05, 0.1) is 5.54 Å². The molecule has 0 aromatic carbocycles. The van der Waals surface area contributed by atoms with E-state index in [4.69, 9.17) is 5.73 Å². The van der Waals surface area contributed by atoms with E-state index in [1.807, 2.05) is 6.92 Å². The van der Waals surface area contributed by atoms with Crippen LogP contribution in [0.3, 0.4) is 0 Å². The fourth-order valence-electron chi connectivity index (χ4n) is 1.53. The lowest BCUT2D eigenvalue weighted by Gasteiger charge is -2.25. The highest BCUT2D eigenvalue weighted by Gasteiger charge is 2.36. The van der Waals surface area contributed by atoms with Gasteiger partial charge in [0, 0.05) is 0 Å². The highest BCUT2D eigenvalue weighted by Crippen LogP contribution is 2.20. The lowest BCUT2D eigenvalue weighted by molar-refractivity contribution is 0.244. The van der Waals surface area contributed by atoms with Crippen LogP contribution in [-0.4, -0.2) is 17.4 Å². The third-order valence-corrected chi connectivity index (χ3v) is 1.99. The Hall–Kier alpha value is -1.06. The van der Waals surface area contributed by atoms with Gasteiger partial charge in [-0.3, -0.25) is 0 Å². The molecule has 68 valence electrons. The summed E-state index contributed by atoms with van der Waals surface area (Å²) in [5, 5.41) is 2.74. The summed E-state index contributed by atoms with van der Waals surface area (Å²) in [4.78, 5) is 14.5. The second-order valence-electron chi connectivity index (χ2n) is 3.86. The first-order valence-corrected chi connectivity index (χ1v) is 4.11. The van der Waals surface area contributed by atoms with Gasteiger partial charge >= 0.3 is 6.03 Å². The first-order valence-electron chi connectivity index (χ1n) is 4.11. The molecule has 0 spiro atoms. The molecule has 12 heavy (non-hydrogen) atoms. The van der Waals surface area contributed by atoms with Gasteiger partial charge in [0.2, 0.25) is 0 Å². The van der Waals surface area contributed by atoms with Gasteiger partial charge < -0.3 is 11.1 Å². The molecule has 4 nitrogen and oxygen atoms in total. The van der Waals surface area contributed by atoms with Crippen LogP contribution in [0.4, 0.5) is 4.79 Å². The highest BCUT2D eigenvalue weighted by atomic mass is 16.2. The summed E-state index contributed by atoms with van der Waals surface area (Å²) in [6, 6.07) is -0.323. The predicted octanol–water partition coefficient (Wildman–Crippen LogP) is 0.872. The number of carbonyl (C=O) groups excluding carboxylic acids is 1. The van der Waals surface area contributed by atoms with Crippen LogP contribution in [0.15, 0.2) is 4.99 Å². The molecule has 1 aliphatic heterocycles. The molecule has 0 aromatic heterocycles. The van der Waals surface area contributed by atoms with Crippen molar-refractivity contribution in [3.63, 3.8) is 0 Å². The Balaban J connectivity index is 2.74. The van der Waals surface area contributed by atoms with Crippen LogP contribution in [0.2, 0.25) is 0 Å². The SMILES string of the molecule is CC(C)CC1(C)NC(=O)N=C1N. The quantitative estimate of drug-likeness (QED) is 0.644. The Morgan fingerprint density at radius 2 is 2.25 bits per heavy atom. The molecule has 0 saturated heterocycles. The second-order valence-corrected chi connectivity index (χ2v) is 3.86. The summed E-state index contributed by atoms with van der Waals surface area (Å²) in [5.41, 5.74) is 5.19. The normalized spacial score (nSPS) is 29.0. The number of hydrogen-bond acceptors (Lipinski definition) is 2. The summed E-state index contributed by atoms with van der Waals surface area (Å²) >= 11 is 0. The summed E-state index contributed by atoms with van der Waals surface area (Å²) in [6.07, 6.45) is 0.827. The van der Waals surface area contributed by atoms with Gasteiger partial charge in [-0.05, 0) is 19.3 Å². The van der Waals surface area contributed by atoms with Gasteiger partial charge in [-0.25, -0.2) is 4.79 Å². The molecule has 3 N–H and O–H groups in total. The lowest BCUT2D eigenvalue weighted by Crippen LogP contribution is -2.49. The van der Waals surface area contributed by atoms with E-state index in [9.17, 15) is 4.79 Å². The number of aliphatic imine (C=N–C) groups is 1. The van der Waals surface area contributed by atoms with E-state index >= 15 is 0 Å². The minimum atomic E-state index is -0.425. The van der Waals surface area contributed by atoms with Crippen LogP contribution in [0.5, 0.6) is 0 Å². The molecule has 0 aromatic rings. The van der Waals surface area contributed by atoms with Crippen LogP contribution in [0.25, 0.3) is 0 Å². The molecule has 1 unspecified atom stereocenters. The lowest BCUT2D eigenvalue weighted by atomic mass is 9.90. The number of nitrogens with zero attached hydrogens (tertiary/aromatic N) is 1. The largest absolute Gasteiger partial charge is 0.385 e. The Labute approximate surface area is 72.2 Å². The van der Waals surface area contributed by atoms with E-state index in [0.717, 1.165) is 6.42 Å². The van der Waals surface area contributed by atoms with E-state index in [2.05, 4.69) is 24.2 Å². The summed E-state index contributed by atoms with van der Waals surface area (Å²) in [7, 11) is 0. The zero-order valence-electron chi connectivity index (χ0n) is 7.72. The number of hydrogen-bond donors (Lipinski definition) is 2. The molecule has 0 saturated carbocycles. The number of carbonyl (C=O) groups is 1. The van der Waals surface area contributed by atoms with Crippen molar-refractivity contribution >= 4 is 11.9 Å². The molecule has 0 bridgehead atoms. The number of amides is 2. The average molecular weight is 169 g/mol. The zero-order valence-corrected chi connectivity index (χ0v) is 7.72. The first-order chi connectivity index (χ1) is 5.44. The topological polar surface area (TPSA) is 67.5 Å². The monoisotopic (exact) mass is 169 g/mol. The average Bonchev–Trinajstić information content (AvgIpc) is 2.04. The maximum atomic E-state index is 10.9. The van der Waals surface area contributed by atoms with Crippen LogP contribution in [0.1, 0.15) is 27.2 Å². The van der Waals surface area contributed by atoms with Crippen LogP contribution < -0.4 is 11.1 Å². The molecule has 2 amide bonds. The summed E-state index contributed by atoms with van der Waals surface area (Å²) in [6.45, 7) is 6.07. The number of nitrogens with one attached hydrogen (secondary N) is 1. The van der Waals surface area contributed by atoms with Gasteiger partial charge in [-0.15, -0.1) is 0 Å². The smallest absolute Gasteiger partial charge is 0.343 e. The van der Waals surface area contributed by atoms with Crippen molar-refractivity contribution in [2.24, 2.45) is 16.6 Å². The Kier molecular flexibility index (Phi) is 2.08. The van der Waals surface area contributed by atoms with Crippen molar-refractivity contribution in [2.45, 2.75) is 32.7 Å². The summed E-state index contributed by atoms with van der Waals surface area (Å²) < 4.78 is 0. The van der Waals surface area contributed by atoms with Crippen molar-refractivity contribution < 1.29 is 4.79 Å². The van der Waals surface area contributed by atoms with E-state index < -0.39 is 5.54 Å². The van der Waals surface area contributed by atoms with Crippen molar-refractivity contribution in [1.82, 2.24) is 5.32 Å². The van der Waals surface area contributed by atoms with Crippen LogP contribution in [-0.2, 0) is 0 Å². The summed E-state index contributed by atoms with van der Waals surface area (Å²) in [5.74, 6) is 0.892. The number of urea groups is 1. The predicted molar refractivity (Wildman–Crippen MR) is 48.0 cm³/mol. The fourth-order valence-corrected chi connectivity index (χ4v) is 1.53. The van der Waals surface area contributed by atoms with E-state index in [0.29, 0.717) is 11.8 Å². The van der Waals surface area contributed by atoms with Gasteiger partial charge in [0.1, 0.15) is 5.84 Å². The highest BCUT2D eigenvalue weighted by molar-refractivity contribution is 6.05. The third-order valence-electron chi connectivity index (χ3n) is 1.99.